The fraction of sp³-hybridized carbons (Fsp3) is 0.200. The van der Waals surface area contributed by atoms with E-state index < -0.39 is 35.4 Å². The van der Waals surface area contributed by atoms with Gasteiger partial charge in [-0.1, -0.05) is 30.3 Å². The number of cyclic esters (lactones) is 1. The minimum Gasteiger partial charge on any atom is -0.462 e. The number of hydrogen-bond acceptors (Lipinski definition) is 4. The van der Waals surface area contributed by atoms with Gasteiger partial charge in [-0.15, -0.1) is 0 Å². The average molecular weight is 356 g/mol. The van der Waals surface area contributed by atoms with Crippen molar-refractivity contribution in [3.8, 4) is 0 Å². The first-order valence-corrected chi connectivity index (χ1v) is 8.13. The summed E-state index contributed by atoms with van der Waals surface area (Å²) in [5.41, 5.74) is 1.20. The molecule has 1 saturated heterocycles. The van der Waals surface area contributed by atoms with E-state index in [1.54, 1.807) is 12.1 Å². The van der Waals surface area contributed by atoms with Crippen LogP contribution in [0, 0.1) is 17.6 Å². The summed E-state index contributed by atoms with van der Waals surface area (Å²) in [7, 11) is 0. The molecule has 1 aliphatic carbocycles. The Kier molecular flexibility index (Phi) is 4.03. The molecule has 0 amide bonds. The molecule has 2 aliphatic rings. The van der Waals surface area contributed by atoms with Gasteiger partial charge < -0.3 is 9.47 Å². The number of fused-ring (bicyclic) bond motifs is 2. The van der Waals surface area contributed by atoms with Crippen LogP contribution in [0.5, 0.6) is 0 Å². The highest BCUT2D eigenvalue weighted by atomic mass is 19.1. The monoisotopic (exact) mass is 356 g/mol. The third kappa shape index (κ3) is 2.77. The van der Waals surface area contributed by atoms with E-state index in [-0.39, 0.29) is 29.9 Å². The number of halogens is 2. The van der Waals surface area contributed by atoms with Gasteiger partial charge in [-0.2, -0.15) is 0 Å². The van der Waals surface area contributed by atoms with Gasteiger partial charge in [0.15, 0.2) is 0 Å². The molecule has 1 fully saturated rings. The van der Waals surface area contributed by atoms with Gasteiger partial charge in [-0.3, -0.25) is 4.79 Å². The van der Waals surface area contributed by atoms with Crippen molar-refractivity contribution < 1.29 is 27.8 Å². The molecule has 0 spiro atoms. The van der Waals surface area contributed by atoms with E-state index in [1.807, 2.05) is 18.2 Å². The first-order chi connectivity index (χ1) is 12.5. The first kappa shape index (κ1) is 16.4. The summed E-state index contributed by atoms with van der Waals surface area (Å²) in [5.74, 6) is -4.46. The highest BCUT2D eigenvalue weighted by Crippen LogP contribution is 2.44. The van der Waals surface area contributed by atoms with Crippen LogP contribution in [0.1, 0.15) is 22.6 Å². The van der Waals surface area contributed by atoms with E-state index in [1.165, 1.54) is 6.08 Å². The predicted octanol–water partition coefficient (Wildman–Crippen LogP) is 3.36. The highest BCUT2D eigenvalue weighted by Gasteiger charge is 2.45. The number of hydrogen-bond donors (Lipinski definition) is 0. The van der Waals surface area contributed by atoms with E-state index in [0.29, 0.717) is 0 Å². The minimum atomic E-state index is -0.995. The van der Waals surface area contributed by atoms with Crippen LogP contribution in [-0.2, 0) is 25.7 Å². The van der Waals surface area contributed by atoms with Crippen LogP contribution in [0.25, 0.3) is 6.08 Å². The molecular formula is C20H14F2O4. The van der Waals surface area contributed by atoms with E-state index in [4.69, 9.17) is 9.47 Å². The van der Waals surface area contributed by atoms with Crippen LogP contribution in [0.15, 0.2) is 48.0 Å². The summed E-state index contributed by atoms with van der Waals surface area (Å²) in [6, 6.07) is 10.9. The van der Waals surface area contributed by atoms with E-state index in [0.717, 1.165) is 17.7 Å². The number of esters is 2. The van der Waals surface area contributed by atoms with Crippen LogP contribution in [0.3, 0.4) is 0 Å². The van der Waals surface area contributed by atoms with Gasteiger partial charge in [0, 0.05) is 23.1 Å². The third-order valence-corrected chi connectivity index (χ3v) is 4.67. The van der Waals surface area contributed by atoms with Crippen LogP contribution >= 0.6 is 0 Å². The summed E-state index contributed by atoms with van der Waals surface area (Å²) >= 11 is 0. The lowest BCUT2D eigenvalue weighted by Crippen LogP contribution is -2.29. The lowest BCUT2D eigenvalue weighted by atomic mass is 9.76. The molecule has 0 N–H and O–H groups in total. The third-order valence-electron chi connectivity index (χ3n) is 4.67. The molecule has 0 saturated carbocycles. The molecular weight excluding hydrogens is 342 g/mol. The molecule has 2 aromatic carbocycles. The van der Waals surface area contributed by atoms with Crippen molar-refractivity contribution in [3.63, 3.8) is 0 Å². The van der Waals surface area contributed by atoms with Crippen LogP contribution < -0.4 is 0 Å². The van der Waals surface area contributed by atoms with Gasteiger partial charge in [0.1, 0.15) is 18.2 Å². The Morgan fingerprint density at radius 3 is 2.73 bits per heavy atom. The zero-order valence-electron chi connectivity index (χ0n) is 13.6. The maximum absolute atomic E-state index is 14.2. The van der Waals surface area contributed by atoms with Crippen molar-refractivity contribution in [1.29, 1.82) is 0 Å². The molecule has 4 rings (SSSR count). The molecule has 2 aromatic rings. The number of carbonyl (C=O) groups is 2. The summed E-state index contributed by atoms with van der Waals surface area (Å²) in [6.07, 6.45) is 1.34. The fourth-order valence-corrected chi connectivity index (χ4v) is 3.43. The Balaban J connectivity index is 1.69. The molecule has 1 heterocycles. The number of benzene rings is 2. The van der Waals surface area contributed by atoms with Crippen molar-refractivity contribution >= 4 is 18.0 Å². The molecule has 2 atom stereocenters. The SMILES string of the molecule is O=C1OC[C@H]2C1=Cc1c(F)cc(F)cc1[C@@H]2C(=O)OCc1ccccc1. The van der Waals surface area contributed by atoms with E-state index in [2.05, 4.69) is 0 Å². The molecule has 6 heteroatoms. The number of rotatable bonds is 3. The standard InChI is InChI=1S/C20H14F2O4/c21-12-6-14-13(17(22)7-12)8-15-16(10-26-19(15)23)18(14)20(24)25-9-11-4-2-1-3-5-11/h1-8,16,18H,9-10H2/t16-,18-/m0/s1. The van der Waals surface area contributed by atoms with Crippen LogP contribution in [0.4, 0.5) is 8.78 Å². The predicted molar refractivity (Wildman–Crippen MR) is 87.8 cm³/mol. The zero-order valence-corrected chi connectivity index (χ0v) is 13.6. The Bertz CT molecular complexity index is 921. The Morgan fingerprint density at radius 1 is 1.19 bits per heavy atom. The normalized spacial score (nSPS) is 20.7. The average Bonchev–Trinajstić information content (AvgIpc) is 3.00. The molecule has 0 bridgehead atoms. The van der Waals surface area contributed by atoms with Gasteiger partial charge >= 0.3 is 11.9 Å². The Morgan fingerprint density at radius 2 is 1.96 bits per heavy atom. The van der Waals surface area contributed by atoms with Crippen molar-refractivity contribution in [2.45, 2.75) is 12.5 Å². The summed E-state index contributed by atoms with van der Waals surface area (Å²) in [4.78, 5) is 24.6. The van der Waals surface area contributed by atoms with Crippen molar-refractivity contribution in [2.24, 2.45) is 5.92 Å². The topological polar surface area (TPSA) is 52.6 Å². The van der Waals surface area contributed by atoms with Gasteiger partial charge in [-0.25, -0.2) is 13.6 Å². The van der Waals surface area contributed by atoms with Crippen molar-refractivity contribution in [2.75, 3.05) is 6.61 Å². The molecule has 26 heavy (non-hydrogen) atoms. The summed E-state index contributed by atoms with van der Waals surface area (Å²) in [6.45, 7) is 0.0111. The maximum Gasteiger partial charge on any atom is 0.334 e. The Labute approximate surface area is 148 Å². The molecule has 0 aromatic heterocycles. The van der Waals surface area contributed by atoms with E-state index >= 15 is 0 Å². The molecule has 4 nitrogen and oxygen atoms in total. The maximum atomic E-state index is 14.2. The Hall–Kier alpha value is -3.02. The molecule has 0 unspecified atom stereocenters. The zero-order chi connectivity index (χ0) is 18.3. The number of carbonyl (C=O) groups excluding carboxylic acids is 2. The van der Waals surface area contributed by atoms with Gasteiger partial charge in [-0.05, 0) is 23.3 Å². The van der Waals surface area contributed by atoms with Gasteiger partial charge in [0.25, 0.3) is 0 Å². The van der Waals surface area contributed by atoms with Crippen molar-refractivity contribution in [1.82, 2.24) is 0 Å². The molecule has 1 aliphatic heterocycles. The molecule has 0 radical (unpaired) electrons. The lowest BCUT2D eigenvalue weighted by molar-refractivity contribution is -0.148. The fourth-order valence-electron chi connectivity index (χ4n) is 3.43. The van der Waals surface area contributed by atoms with Gasteiger partial charge in [0.05, 0.1) is 12.5 Å². The van der Waals surface area contributed by atoms with Gasteiger partial charge in [0.2, 0.25) is 0 Å². The first-order valence-electron chi connectivity index (χ1n) is 8.13. The lowest BCUT2D eigenvalue weighted by Gasteiger charge is -2.27. The highest BCUT2D eigenvalue weighted by molar-refractivity contribution is 6.00. The second kappa shape index (κ2) is 6.37. The smallest absolute Gasteiger partial charge is 0.334 e. The molecule has 132 valence electrons. The van der Waals surface area contributed by atoms with Crippen LogP contribution in [0.2, 0.25) is 0 Å². The second-order valence-electron chi connectivity index (χ2n) is 6.27. The minimum absolute atomic E-state index is 0.0205. The van der Waals surface area contributed by atoms with Crippen LogP contribution in [-0.4, -0.2) is 18.5 Å². The quantitative estimate of drug-likeness (QED) is 0.792. The number of ether oxygens (including phenoxy) is 2. The van der Waals surface area contributed by atoms with Crippen molar-refractivity contribution in [3.05, 3.63) is 76.4 Å². The largest absolute Gasteiger partial charge is 0.462 e. The second-order valence-corrected chi connectivity index (χ2v) is 6.27. The summed E-state index contributed by atoms with van der Waals surface area (Å²) in [5, 5.41) is 0. The van der Waals surface area contributed by atoms with E-state index in [9.17, 15) is 18.4 Å². The summed E-state index contributed by atoms with van der Waals surface area (Å²) < 4.78 is 38.4.